The molecular formula is C11H16FNOS. The minimum absolute atomic E-state index is 0.110. The molecule has 1 rings (SSSR count). The monoisotopic (exact) mass is 229 g/mol. The molecule has 4 heteroatoms. The second-order valence-electron chi connectivity index (χ2n) is 4.42. The first-order valence-electron chi connectivity index (χ1n) is 4.73. The van der Waals surface area contributed by atoms with Crippen molar-refractivity contribution in [3.05, 3.63) is 29.6 Å². The summed E-state index contributed by atoms with van der Waals surface area (Å²) in [7, 11) is -1.10. The van der Waals surface area contributed by atoms with Gasteiger partial charge in [-0.25, -0.2) is 4.39 Å². The van der Waals surface area contributed by atoms with Crippen LogP contribution in [-0.2, 0) is 16.6 Å². The Kier molecular flexibility index (Phi) is 3.50. The zero-order valence-corrected chi connectivity index (χ0v) is 10.0. The molecule has 1 aromatic carbocycles. The molecule has 0 heterocycles. The molecule has 2 N–H and O–H groups in total. The fourth-order valence-corrected chi connectivity index (χ4v) is 2.01. The van der Waals surface area contributed by atoms with Crippen LogP contribution in [0.1, 0.15) is 26.3 Å². The summed E-state index contributed by atoms with van der Waals surface area (Å²) in [4.78, 5) is 0. The lowest BCUT2D eigenvalue weighted by molar-refractivity contribution is 0.616. The first-order chi connectivity index (χ1) is 6.82. The maximum Gasteiger partial charge on any atom is 0.150 e. The average Bonchev–Trinajstić information content (AvgIpc) is 2.11. The van der Waals surface area contributed by atoms with Crippen LogP contribution in [0.15, 0.2) is 18.2 Å². The quantitative estimate of drug-likeness (QED) is 0.792. The Balaban J connectivity index is 2.91. The highest BCUT2D eigenvalue weighted by atomic mass is 32.2. The molecule has 0 fully saturated rings. The highest BCUT2D eigenvalue weighted by Crippen LogP contribution is 2.20. The first-order valence-corrected chi connectivity index (χ1v) is 6.05. The lowest BCUT2D eigenvalue weighted by Crippen LogP contribution is -2.23. The van der Waals surface area contributed by atoms with Crippen molar-refractivity contribution in [1.29, 1.82) is 0 Å². The van der Waals surface area contributed by atoms with Crippen LogP contribution in [0.2, 0.25) is 0 Å². The highest BCUT2D eigenvalue weighted by molar-refractivity contribution is 7.85. The number of nitrogens with two attached hydrogens (primary N) is 1. The van der Waals surface area contributed by atoms with E-state index in [1.54, 1.807) is 12.1 Å². The van der Waals surface area contributed by atoms with Crippen molar-refractivity contribution in [3.63, 3.8) is 0 Å². The molecule has 0 aliphatic heterocycles. The van der Waals surface area contributed by atoms with Crippen LogP contribution in [0.4, 0.5) is 10.1 Å². The Bertz CT molecular complexity index is 385. The second kappa shape index (κ2) is 4.31. The second-order valence-corrected chi connectivity index (χ2v) is 6.63. The van der Waals surface area contributed by atoms with E-state index in [0.29, 0.717) is 5.56 Å². The zero-order valence-electron chi connectivity index (χ0n) is 9.21. The van der Waals surface area contributed by atoms with Crippen molar-refractivity contribution in [3.8, 4) is 0 Å². The number of hydrogen-bond acceptors (Lipinski definition) is 2. The van der Waals surface area contributed by atoms with E-state index in [4.69, 9.17) is 5.73 Å². The van der Waals surface area contributed by atoms with Crippen molar-refractivity contribution in [2.75, 3.05) is 5.73 Å². The van der Waals surface area contributed by atoms with E-state index in [0.717, 1.165) is 0 Å². The van der Waals surface area contributed by atoms with Gasteiger partial charge in [-0.15, -0.1) is 0 Å². The molecule has 0 saturated carbocycles. The molecule has 1 unspecified atom stereocenters. The van der Waals surface area contributed by atoms with Crippen molar-refractivity contribution < 1.29 is 8.60 Å². The summed E-state index contributed by atoms with van der Waals surface area (Å²) in [6.45, 7) is 5.61. The van der Waals surface area contributed by atoms with Gasteiger partial charge in [0, 0.05) is 21.1 Å². The molecule has 1 atom stereocenters. The minimum atomic E-state index is -1.10. The van der Waals surface area contributed by atoms with Gasteiger partial charge in [0.2, 0.25) is 0 Å². The average molecular weight is 229 g/mol. The van der Waals surface area contributed by atoms with Gasteiger partial charge in [0.1, 0.15) is 5.82 Å². The van der Waals surface area contributed by atoms with Crippen LogP contribution in [0.5, 0.6) is 0 Å². The van der Waals surface area contributed by atoms with Gasteiger partial charge in [0.25, 0.3) is 0 Å². The number of hydrogen-bond donors (Lipinski definition) is 1. The number of anilines is 1. The van der Waals surface area contributed by atoms with Crippen molar-refractivity contribution in [2.24, 2.45) is 0 Å². The van der Waals surface area contributed by atoms with E-state index in [1.807, 2.05) is 20.8 Å². The van der Waals surface area contributed by atoms with Crippen LogP contribution in [0.3, 0.4) is 0 Å². The summed E-state index contributed by atoms with van der Waals surface area (Å²) in [5.74, 6) is -0.240. The molecule has 0 radical (unpaired) electrons. The Hall–Kier alpha value is -0.900. The van der Waals surface area contributed by atoms with Crippen LogP contribution in [0.25, 0.3) is 0 Å². The van der Waals surface area contributed by atoms with E-state index in [-0.39, 0.29) is 16.2 Å². The third kappa shape index (κ3) is 3.02. The van der Waals surface area contributed by atoms with Gasteiger partial charge in [0.05, 0.1) is 11.4 Å². The van der Waals surface area contributed by atoms with E-state index < -0.39 is 16.6 Å². The van der Waals surface area contributed by atoms with E-state index in [9.17, 15) is 8.60 Å². The lowest BCUT2D eigenvalue weighted by atomic mass is 10.2. The maximum atomic E-state index is 13.5. The summed E-state index contributed by atoms with van der Waals surface area (Å²) in [5, 5.41) is 0. The van der Waals surface area contributed by atoms with Gasteiger partial charge < -0.3 is 5.73 Å². The van der Waals surface area contributed by atoms with Crippen molar-refractivity contribution >= 4 is 16.5 Å². The fourth-order valence-electron chi connectivity index (χ4n) is 1.07. The van der Waals surface area contributed by atoms with Gasteiger partial charge >= 0.3 is 0 Å². The summed E-state index contributed by atoms with van der Waals surface area (Å²) in [5.41, 5.74) is 5.96. The lowest BCUT2D eigenvalue weighted by Gasteiger charge is -2.18. The van der Waals surface area contributed by atoms with Crippen LogP contribution >= 0.6 is 0 Å². The fraction of sp³-hybridized carbons (Fsp3) is 0.455. The summed E-state index contributed by atoms with van der Waals surface area (Å²) in [6, 6.07) is 4.79. The van der Waals surface area contributed by atoms with Gasteiger partial charge in [-0.1, -0.05) is 12.1 Å². The Morgan fingerprint density at radius 3 is 2.53 bits per heavy atom. The predicted octanol–water partition coefficient (Wildman–Crippen LogP) is 2.46. The molecule has 0 aromatic heterocycles. The molecule has 0 amide bonds. The summed E-state index contributed by atoms with van der Waals surface area (Å²) < 4.78 is 25.0. The smallest absolute Gasteiger partial charge is 0.150 e. The standard InChI is InChI=1S/C11H16FNOS/c1-11(2,3)15(14)7-8-5-4-6-9(13)10(8)12/h4-6H,7,13H2,1-3H3. The molecule has 0 bridgehead atoms. The molecule has 0 spiro atoms. The van der Waals surface area contributed by atoms with Crippen molar-refractivity contribution in [1.82, 2.24) is 0 Å². The molecule has 1 aromatic rings. The molecule has 0 aliphatic rings. The van der Waals surface area contributed by atoms with Gasteiger partial charge in [0.15, 0.2) is 0 Å². The largest absolute Gasteiger partial charge is 0.396 e. The highest BCUT2D eigenvalue weighted by Gasteiger charge is 2.21. The van der Waals surface area contributed by atoms with Gasteiger partial charge in [-0.05, 0) is 26.8 Å². The topological polar surface area (TPSA) is 43.1 Å². The van der Waals surface area contributed by atoms with Gasteiger partial charge in [-0.3, -0.25) is 4.21 Å². The van der Waals surface area contributed by atoms with E-state index in [2.05, 4.69) is 0 Å². The van der Waals surface area contributed by atoms with Crippen LogP contribution < -0.4 is 5.73 Å². The number of benzene rings is 1. The van der Waals surface area contributed by atoms with Gasteiger partial charge in [-0.2, -0.15) is 0 Å². The zero-order chi connectivity index (χ0) is 11.6. The Morgan fingerprint density at radius 2 is 2.00 bits per heavy atom. The molecule has 84 valence electrons. The Morgan fingerprint density at radius 1 is 1.40 bits per heavy atom. The molecular weight excluding hydrogens is 213 g/mol. The van der Waals surface area contributed by atoms with E-state index in [1.165, 1.54) is 6.07 Å². The maximum absolute atomic E-state index is 13.5. The number of halogens is 1. The molecule has 0 aliphatic carbocycles. The number of nitrogen functional groups attached to an aromatic ring is 1. The first kappa shape index (κ1) is 12.2. The third-order valence-electron chi connectivity index (χ3n) is 2.08. The van der Waals surface area contributed by atoms with Crippen LogP contribution in [-0.4, -0.2) is 8.96 Å². The predicted molar refractivity (Wildman–Crippen MR) is 62.4 cm³/mol. The Labute approximate surface area is 92.1 Å². The normalized spacial score (nSPS) is 13.9. The van der Waals surface area contributed by atoms with Crippen molar-refractivity contribution in [2.45, 2.75) is 31.3 Å². The molecule has 0 saturated heterocycles. The minimum Gasteiger partial charge on any atom is -0.396 e. The summed E-state index contributed by atoms with van der Waals surface area (Å²) >= 11 is 0. The SMILES string of the molecule is CC(C)(C)S(=O)Cc1cccc(N)c1F. The van der Waals surface area contributed by atoms with E-state index >= 15 is 0 Å². The summed E-state index contributed by atoms with van der Waals surface area (Å²) in [6.07, 6.45) is 0. The molecule has 2 nitrogen and oxygen atoms in total. The number of rotatable bonds is 2. The molecule has 15 heavy (non-hydrogen) atoms. The van der Waals surface area contributed by atoms with Crippen LogP contribution in [0, 0.1) is 5.82 Å². The third-order valence-corrected chi connectivity index (χ3v) is 4.02.